The number of piperidine rings is 1. The first kappa shape index (κ1) is 21.7. The quantitative estimate of drug-likeness (QED) is 0.465. The maximum atomic E-state index is 12.1. The van der Waals surface area contributed by atoms with E-state index in [9.17, 15) is 4.79 Å². The summed E-state index contributed by atoms with van der Waals surface area (Å²) in [7, 11) is 0. The van der Waals surface area contributed by atoms with E-state index in [1.165, 1.54) is 38.9 Å². The van der Waals surface area contributed by atoms with Crippen LogP contribution in [0.2, 0.25) is 0 Å². The van der Waals surface area contributed by atoms with Crippen molar-refractivity contribution in [3.63, 3.8) is 0 Å². The Morgan fingerprint density at radius 1 is 1.12 bits per heavy atom. The van der Waals surface area contributed by atoms with E-state index in [0.717, 1.165) is 32.1 Å². The zero-order valence-corrected chi connectivity index (χ0v) is 16.8. The average molecular weight is 354 g/mol. The molecule has 0 aliphatic carbocycles. The maximum absolute atomic E-state index is 12.1. The van der Waals surface area contributed by atoms with Gasteiger partial charge in [-0.3, -0.25) is 9.79 Å². The van der Waals surface area contributed by atoms with Crippen LogP contribution < -0.4 is 10.6 Å². The van der Waals surface area contributed by atoms with Gasteiger partial charge in [0.2, 0.25) is 5.91 Å². The summed E-state index contributed by atoms with van der Waals surface area (Å²) in [6.07, 6.45) is 4.23. The molecule has 1 aliphatic rings. The third-order valence-corrected chi connectivity index (χ3v) is 4.85. The molecule has 1 fully saturated rings. The molecule has 0 atom stereocenters. The summed E-state index contributed by atoms with van der Waals surface area (Å²) >= 11 is 0. The van der Waals surface area contributed by atoms with Crippen LogP contribution in [0, 0.1) is 5.92 Å². The second-order valence-electron chi connectivity index (χ2n) is 6.75. The molecule has 1 saturated heterocycles. The first-order valence-corrected chi connectivity index (χ1v) is 10.2. The largest absolute Gasteiger partial charge is 0.357 e. The van der Waals surface area contributed by atoms with Gasteiger partial charge in [-0.2, -0.15) is 0 Å². The molecule has 0 bridgehead atoms. The number of hydrogen-bond acceptors (Lipinski definition) is 3. The van der Waals surface area contributed by atoms with Crippen molar-refractivity contribution in [3.05, 3.63) is 0 Å². The monoisotopic (exact) mass is 353 g/mol. The Kier molecular flexibility index (Phi) is 11.3. The van der Waals surface area contributed by atoms with Crippen molar-refractivity contribution in [1.82, 2.24) is 20.4 Å². The average Bonchev–Trinajstić information content (AvgIpc) is 2.62. The van der Waals surface area contributed by atoms with E-state index < -0.39 is 0 Å². The Morgan fingerprint density at radius 2 is 1.80 bits per heavy atom. The normalized spacial score (nSPS) is 16.7. The van der Waals surface area contributed by atoms with Crippen LogP contribution >= 0.6 is 0 Å². The van der Waals surface area contributed by atoms with E-state index in [1.54, 1.807) is 0 Å². The molecule has 146 valence electrons. The molecule has 1 rings (SSSR count). The number of nitrogens with zero attached hydrogens (tertiary/aromatic N) is 3. The summed E-state index contributed by atoms with van der Waals surface area (Å²) in [5.41, 5.74) is 0. The lowest BCUT2D eigenvalue weighted by Crippen LogP contribution is -2.41. The van der Waals surface area contributed by atoms with Gasteiger partial charge in [0.25, 0.3) is 0 Å². The van der Waals surface area contributed by atoms with Gasteiger partial charge in [-0.25, -0.2) is 0 Å². The molecular weight excluding hydrogens is 314 g/mol. The third kappa shape index (κ3) is 8.56. The number of hydrogen-bond donors (Lipinski definition) is 2. The van der Waals surface area contributed by atoms with Crippen LogP contribution in [0.25, 0.3) is 0 Å². The Hall–Kier alpha value is -1.30. The maximum Gasteiger partial charge on any atom is 0.224 e. The number of nitrogens with one attached hydrogen (secondary N) is 2. The highest BCUT2D eigenvalue weighted by Gasteiger charge is 2.18. The van der Waals surface area contributed by atoms with Gasteiger partial charge in [0, 0.05) is 39.1 Å². The summed E-state index contributed by atoms with van der Waals surface area (Å²) in [6, 6.07) is 0. The first-order valence-electron chi connectivity index (χ1n) is 10.2. The predicted molar refractivity (Wildman–Crippen MR) is 106 cm³/mol. The number of amides is 1. The van der Waals surface area contributed by atoms with Crippen LogP contribution in [0.5, 0.6) is 0 Å². The Morgan fingerprint density at radius 3 is 2.36 bits per heavy atom. The van der Waals surface area contributed by atoms with Crippen molar-refractivity contribution >= 4 is 11.9 Å². The van der Waals surface area contributed by atoms with Crippen molar-refractivity contribution < 1.29 is 4.79 Å². The molecule has 2 N–H and O–H groups in total. The molecule has 0 radical (unpaired) electrons. The highest BCUT2D eigenvalue weighted by atomic mass is 16.2. The molecule has 0 unspecified atom stereocenters. The van der Waals surface area contributed by atoms with E-state index in [2.05, 4.69) is 29.4 Å². The summed E-state index contributed by atoms with van der Waals surface area (Å²) in [5, 5.41) is 6.59. The molecule has 25 heavy (non-hydrogen) atoms. The van der Waals surface area contributed by atoms with E-state index in [0.29, 0.717) is 18.9 Å². The minimum absolute atomic E-state index is 0.205. The van der Waals surface area contributed by atoms with Crippen molar-refractivity contribution in [2.45, 2.75) is 53.4 Å². The molecule has 0 aromatic carbocycles. The first-order chi connectivity index (χ1) is 12.1. The van der Waals surface area contributed by atoms with Gasteiger partial charge in [0.15, 0.2) is 5.96 Å². The van der Waals surface area contributed by atoms with E-state index >= 15 is 0 Å². The van der Waals surface area contributed by atoms with Crippen LogP contribution in [0.3, 0.4) is 0 Å². The van der Waals surface area contributed by atoms with Crippen LogP contribution in [0.15, 0.2) is 4.99 Å². The molecule has 0 aromatic rings. The number of likely N-dealkylation sites (tertiary alicyclic amines) is 1. The second kappa shape index (κ2) is 13.0. The molecule has 6 nitrogen and oxygen atoms in total. The lowest BCUT2D eigenvalue weighted by molar-refractivity contribution is -0.130. The molecule has 0 saturated carbocycles. The van der Waals surface area contributed by atoms with E-state index in [-0.39, 0.29) is 5.91 Å². The zero-order chi connectivity index (χ0) is 18.5. The van der Waals surface area contributed by atoms with Crippen LogP contribution in [-0.4, -0.2) is 74.0 Å². The van der Waals surface area contributed by atoms with Gasteiger partial charge in [-0.1, -0.05) is 6.92 Å². The van der Waals surface area contributed by atoms with Gasteiger partial charge in [0.05, 0.1) is 0 Å². The second-order valence-corrected chi connectivity index (χ2v) is 6.75. The van der Waals surface area contributed by atoms with Crippen LogP contribution in [-0.2, 0) is 4.79 Å². The van der Waals surface area contributed by atoms with Crippen molar-refractivity contribution in [2.75, 3.05) is 52.4 Å². The topological polar surface area (TPSA) is 60.0 Å². The van der Waals surface area contributed by atoms with Gasteiger partial charge in [-0.15, -0.1) is 0 Å². The van der Waals surface area contributed by atoms with Gasteiger partial charge < -0.3 is 20.4 Å². The number of carbonyl (C=O) groups is 1. The van der Waals surface area contributed by atoms with E-state index in [4.69, 9.17) is 4.99 Å². The Bertz CT molecular complexity index is 387. The molecular formula is C19H39N5O. The molecule has 1 amide bonds. The van der Waals surface area contributed by atoms with Gasteiger partial charge >= 0.3 is 0 Å². The highest BCUT2D eigenvalue weighted by Crippen LogP contribution is 2.17. The van der Waals surface area contributed by atoms with E-state index in [1.807, 2.05) is 18.7 Å². The number of carbonyl (C=O) groups excluding carboxylic acids is 1. The standard InChI is InChI=1S/C19H39N5O/c1-5-13-23-14-10-17(11-15-23)16-22-19(20-6-2)21-12-9-18(25)24(7-3)8-4/h17H,5-16H2,1-4H3,(H2,20,21,22). The fourth-order valence-corrected chi connectivity index (χ4v) is 3.29. The molecule has 1 aliphatic heterocycles. The minimum atomic E-state index is 0.205. The Labute approximate surface area is 154 Å². The molecule has 0 aromatic heterocycles. The molecule has 0 spiro atoms. The number of aliphatic imine (C=N–C) groups is 1. The van der Waals surface area contributed by atoms with Crippen molar-refractivity contribution in [3.8, 4) is 0 Å². The van der Waals surface area contributed by atoms with Crippen molar-refractivity contribution in [2.24, 2.45) is 10.9 Å². The van der Waals surface area contributed by atoms with Crippen molar-refractivity contribution in [1.29, 1.82) is 0 Å². The lowest BCUT2D eigenvalue weighted by Gasteiger charge is -2.31. The fourth-order valence-electron chi connectivity index (χ4n) is 3.29. The SMILES string of the molecule is CCCN1CCC(CN=C(NCC)NCCC(=O)N(CC)CC)CC1. The van der Waals surface area contributed by atoms with Crippen LogP contribution in [0.4, 0.5) is 0 Å². The fraction of sp³-hybridized carbons (Fsp3) is 0.895. The lowest BCUT2D eigenvalue weighted by atomic mass is 9.97. The summed E-state index contributed by atoms with van der Waals surface area (Å²) in [6.45, 7) is 15.9. The number of guanidine groups is 1. The van der Waals surface area contributed by atoms with Crippen LogP contribution in [0.1, 0.15) is 53.4 Å². The summed E-state index contributed by atoms with van der Waals surface area (Å²) in [5.74, 6) is 1.73. The summed E-state index contributed by atoms with van der Waals surface area (Å²) in [4.78, 5) is 21.2. The Balaban J connectivity index is 2.35. The zero-order valence-electron chi connectivity index (χ0n) is 16.8. The molecule has 6 heteroatoms. The number of rotatable bonds is 10. The van der Waals surface area contributed by atoms with Gasteiger partial charge in [0.1, 0.15) is 0 Å². The highest BCUT2D eigenvalue weighted by molar-refractivity contribution is 5.81. The molecule has 1 heterocycles. The smallest absolute Gasteiger partial charge is 0.224 e. The third-order valence-electron chi connectivity index (χ3n) is 4.85. The minimum Gasteiger partial charge on any atom is -0.357 e. The summed E-state index contributed by atoms with van der Waals surface area (Å²) < 4.78 is 0. The predicted octanol–water partition coefficient (Wildman–Crippen LogP) is 1.92. The van der Waals surface area contributed by atoms with Gasteiger partial charge in [-0.05, 0) is 65.6 Å².